The van der Waals surface area contributed by atoms with Crippen LogP contribution in [0.4, 0.5) is 10.8 Å². The third-order valence-corrected chi connectivity index (χ3v) is 2.94. The molecule has 0 amide bonds. The highest BCUT2D eigenvalue weighted by Gasteiger charge is 2.07. The molecule has 0 aliphatic carbocycles. The summed E-state index contributed by atoms with van der Waals surface area (Å²) in [4.78, 5) is 28.1. The van der Waals surface area contributed by atoms with Gasteiger partial charge in [-0.2, -0.15) is 0 Å². The molecule has 6 nitrogen and oxygen atoms in total. The van der Waals surface area contributed by atoms with Gasteiger partial charge in [0.15, 0.2) is 0 Å². The van der Waals surface area contributed by atoms with Gasteiger partial charge in [-0.1, -0.05) is 11.3 Å². The lowest BCUT2D eigenvalue weighted by Gasteiger charge is -1.95. The molecule has 0 bridgehead atoms. The fourth-order valence-corrected chi connectivity index (χ4v) is 1.98. The predicted octanol–water partition coefficient (Wildman–Crippen LogP) is 2.69. The molecule has 2 aromatic rings. The number of nitro groups is 1. The van der Waals surface area contributed by atoms with E-state index in [-0.39, 0.29) is 5.69 Å². The minimum absolute atomic E-state index is 0.0319. The van der Waals surface area contributed by atoms with Gasteiger partial charge in [-0.3, -0.25) is 10.1 Å². The average Bonchev–Trinajstić information content (AvgIpc) is 2.78. The summed E-state index contributed by atoms with van der Waals surface area (Å²) in [6.45, 7) is 0. The molecule has 0 atom stereocenters. The van der Waals surface area contributed by atoms with Crippen molar-refractivity contribution in [2.24, 2.45) is 4.99 Å². The molecule has 1 heterocycles. The standard InChI is InChI=1S/C10H5N3O3S/c14-6-12-10-11-5-9(17-10)7-1-3-8(4-2-7)13(15)16/h1-5H. The van der Waals surface area contributed by atoms with Gasteiger partial charge in [0, 0.05) is 18.3 Å². The second kappa shape index (κ2) is 4.65. The molecule has 0 fully saturated rings. The molecular weight excluding hydrogens is 242 g/mol. The minimum Gasteiger partial charge on any atom is -0.258 e. The zero-order valence-electron chi connectivity index (χ0n) is 8.36. The first-order valence-corrected chi connectivity index (χ1v) is 5.31. The SMILES string of the molecule is O=C=Nc1ncc(-c2ccc([N+](=O)[O-])cc2)s1. The number of thiazole rings is 1. The Morgan fingerprint density at radius 1 is 1.35 bits per heavy atom. The highest BCUT2D eigenvalue weighted by atomic mass is 32.1. The molecule has 0 radical (unpaired) electrons. The fraction of sp³-hybridized carbons (Fsp3) is 0. The lowest BCUT2D eigenvalue weighted by atomic mass is 10.2. The summed E-state index contributed by atoms with van der Waals surface area (Å²) in [7, 11) is 0. The number of isocyanates is 1. The highest BCUT2D eigenvalue weighted by Crippen LogP contribution is 2.31. The summed E-state index contributed by atoms with van der Waals surface area (Å²) in [6.07, 6.45) is 2.96. The molecule has 7 heteroatoms. The Bertz CT molecular complexity index is 600. The first-order chi connectivity index (χ1) is 8.20. The number of rotatable bonds is 3. The van der Waals surface area contributed by atoms with Gasteiger partial charge in [0.25, 0.3) is 5.69 Å². The van der Waals surface area contributed by atoms with Crippen LogP contribution in [0.2, 0.25) is 0 Å². The lowest BCUT2D eigenvalue weighted by molar-refractivity contribution is -0.384. The quantitative estimate of drug-likeness (QED) is 0.361. The first-order valence-electron chi connectivity index (χ1n) is 4.49. The molecule has 0 spiro atoms. The molecule has 0 saturated carbocycles. The van der Waals surface area contributed by atoms with E-state index in [1.54, 1.807) is 18.3 Å². The van der Waals surface area contributed by atoms with Crippen LogP contribution in [0.3, 0.4) is 0 Å². The Balaban J connectivity index is 2.32. The number of nitro benzene ring substituents is 1. The second-order valence-electron chi connectivity index (χ2n) is 3.01. The molecule has 0 unspecified atom stereocenters. The van der Waals surface area contributed by atoms with Crippen LogP contribution in [0.25, 0.3) is 10.4 Å². The smallest absolute Gasteiger partial charge is 0.258 e. The van der Waals surface area contributed by atoms with Crippen molar-refractivity contribution < 1.29 is 9.72 Å². The molecule has 2 rings (SSSR count). The van der Waals surface area contributed by atoms with Crippen molar-refractivity contribution in [2.75, 3.05) is 0 Å². The van der Waals surface area contributed by atoms with E-state index in [2.05, 4.69) is 9.98 Å². The lowest BCUT2D eigenvalue weighted by Crippen LogP contribution is -1.86. The predicted molar refractivity (Wildman–Crippen MR) is 62.0 cm³/mol. The van der Waals surface area contributed by atoms with E-state index >= 15 is 0 Å². The molecule has 0 aliphatic heterocycles. The number of aromatic nitrogens is 1. The van der Waals surface area contributed by atoms with E-state index in [0.717, 1.165) is 10.4 Å². The maximum Gasteiger partial charge on any atom is 0.269 e. The largest absolute Gasteiger partial charge is 0.269 e. The Kier molecular flexibility index (Phi) is 3.04. The number of hydrogen-bond donors (Lipinski definition) is 0. The van der Waals surface area contributed by atoms with E-state index in [9.17, 15) is 14.9 Å². The molecule has 84 valence electrons. The Morgan fingerprint density at radius 3 is 2.65 bits per heavy atom. The van der Waals surface area contributed by atoms with Gasteiger partial charge in [0.1, 0.15) is 0 Å². The third-order valence-electron chi connectivity index (χ3n) is 2.00. The van der Waals surface area contributed by atoms with Gasteiger partial charge in [-0.25, -0.2) is 9.78 Å². The van der Waals surface area contributed by atoms with E-state index in [1.807, 2.05) is 0 Å². The van der Waals surface area contributed by atoms with Crippen LogP contribution < -0.4 is 0 Å². The average molecular weight is 247 g/mol. The number of carbonyl (C=O) groups excluding carboxylic acids is 1. The van der Waals surface area contributed by atoms with Crippen LogP contribution in [-0.2, 0) is 4.79 Å². The monoisotopic (exact) mass is 247 g/mol. The number of non-ortho nitro benzene ring substituents is 1. The molecule has 1 aromatic carbocycles. The van der Waals surface area contributed by atoms with Crippen molar-refractivity contribution >= 4 is 28.2 Å². The summed E-state index contributed by atoms with van der Waals surface area (Å²) in [5.74, 6) is 0. The van der Waals surface area contributed by atoms with E-state index in [4.69, 9.17) is 0 Å². The van der Waals surface area contributed by atoms with E-state index < -0.39 is 4.92 Å². The van der Waals surface area contributed by atoms with Crippen molar-refractivity contribution in [2.45, 2.75) is 0 Å². The molecule has 17 heavy (non-hydrogen) atoms. The maximum atomic E-state index is 10.5. The van der Waals surface area contributed by atoms with Crippen molar-refractivity contribution in [1.82, 2.24) is 4.98 Å². The van der Waals surface area contributed by atoms with Crippen molar-refractivity contribution in [3.8, 4) is 10.4 Å². The van der Waals surface area contributed by atoms with Crippen LogP contribution in [0, 0.1) is 10.1 Å². The number of nitrogens with zero attached hydrogens (tertiary/aromatic N) is 3. The van der Waals surface area contributed by atoms with Crippen LogP contribution >= 0.6 is 11.3 Å². The molecule has 0 aliphatic rings. The Labute approximate surface area is 99.4 Å². The summed E-state index contributed by atoms with van der Waals surface area (Å²) < 4.78 is 0. The van der Waals surface area contributed by atoms with Crippen molar-refractivity contribution in [1.29, 1.82) is 0 Å². The van der Waals surface area contributed by atoms with Crippen molar-refractivity contribution in [3.63, 3.8) is 0 Å². The summed E-state index contributed by atoms with van der Waals surface area (Å²) >= 11 is 1.21. The van der Waals surface area contributed by atoms with Gasteiger partial charge >= 0.3 is 0 Å². The zero-order valence-corrected chi connectivity index (χ0v) is 9.18. The summed E-state index contributed by atoms with van der Waals surface area (Å²) in [5, 5.41) is 10.8. The van der Waals surface area contributed by atoms with Gasteiger partial charge in [-0.15, -0.1) is 4.99 Å². The Morgan fingerprint density at radius 2 is 2.06 bits per heavy atom. The minimum atomic E-state index is -0.460. The van der Waals surface area contributed by atoms with E-state index in [0.29, 0.717) is 5.13 Å². The first kappa shape index (κ1) is 11.1. The summed E-state index contributed by atoms with van der Waals surface area (Å²) in [5.41, 5.74) is 0.824. The van der Waals surface area contributed by atoms with Gasteiger partial charge in [0.05, 0.1) is 9.80 Å². The topological polar surface area (TPSA) is 85.5 Å². The molecule has 0 saturated heterocycles. The highest BCUT2D eigenvalue weighted by molar-refractivity contribution is 7.18. The zero-order chi connectivity index (χ0) is 12.3. The fourth-order valence-electron chi connectivity index (χ4n) is 1.24. The van der Waals surface area contributed by atoms with E-state index in [1.165, 1.54) is 29.5 Å². The third kappa shape index (κ3) is 2.41. The van der Waals surface area contributed by atoms with Crippen LogP contribution in [0.15, 0.2) is 35.5 Å². The number of aliphatic imine (C=N–C) groups is 1. The van der Waals surface area contributed by atoms with Crippen LogP contribution in [0.5, 0.6) is 0 Å². The second-order valence-corrected chi connectivity index (χ2v) is 4.02. The van der Waals surface area contributed by atoms with Crippen molar-refractivity contribution in [3.05, 3.63) is 40.6 Å². The summed E-state index contributed by atoms with van der Waals surface area (Å²) in [6, 6.07) is 6.08. The van der Waals surface area contributed by atoms with Gasteiger partial charge in [0.2, 0.25) is 11.2 Å². The van der Waals surface area contributed by atoms with Crippen LogP contribution in [-0.4, -0.2) is 16.0 Å². The molecular formula is C10H5N3O3S. The number of benzene rings is 1. The van der Waals surface area contributed by atoms with Crippen LogP contribution in [0.1, 0.15) is 0 Å². The maximum absolute atomic E-state index is 10.5. The van der Waals surface area contributed by atoms with Gasteiger partial charge in [-0.05, 0) is 17.7 Å². The number of hydrogen-bond acceptors (Lipinski definition) is 6. The molecule has 0 N–H and O–H groups in total. The van der Waals surface area contributed by atoms with Gasteiger partial charge < -0.3 is 0 Å². The normalized spacial score (nSPS) is 9.65. The molecule has 1 aromatic heterocycles. The Hall–Kier alpha value is -2.37.